The second-order valence-corrected chi connectivity index (χ2v) is 8.86. The zero-order valence-corrected chi connectivity index (χ0v) is 18.0. The van der Waals surface area contributed by atoms with Gasteiger partial charge in [0.2, 0.25) is 0 Å². The van der Waals surface area contributed by atoms with Crippen LogP contribution in [0.4, 0.5) is 0 Å². The quantitative estimate of drug-likeness (QED) is 0.432. The number of likely N-dealkylation sites (tertiary alicyclic amines) is 1. The van der Waals surface area contributed by atoms with E-state index in [1.807, 2.05) is 10.6 Å². The monoisotopic (exact) mass is 404 g/mol. The van der Waals surface area contributed by atoms with Crippen LogP contribution in [0, 0.1) is 0 Å². The Kier molecular flexibility index (Phi) is 5.71. The van der Waals surface area contributed by atoms with Gasteiger partial charge in [-0.1, -0.05) is 18.6 Å². The SMILES string of the molecule is CC1CCCN1CCCOc1cccc(-c2cc3nc4c(cn3n2)CCCCC4)c1. The van der Waals surface area contributed by atoms with Crippen LogP contribution in [0.1, 0.15) is 56.7 Å². The molecule has 3 heterocycles. The highest BCUT2D eigenvalue weighted by atomic mass is 16.5. The highest BCUT2D eigenvalue weighted by Crippen LogP contribution is 2.26. The lowest BCUT2D eigenvalue weighted by molar-refractivity contribution is 0.230. The maximum Gasteiger partial charge on any atom is 0.155 e. The van der Waals surface area contributed by atoms with Crippen LogP contribution < -0.4 is 4.74 Å². The van der Waals surface area contributed by atoms with E-state index in [0.717, 1.165) is 61.1 Å². The summed E-state index contributed by atoms with van der Waals surface area (Å²) in [6.45, 7) is 5.46. The van der Waals surface area contributed by atoms with E-state index in [-0.39, 0.29) is 0 Å². The lowest BCUT2D eigenvalue weighted by Crippen LogP contribution is -2.28. The predicted octanol–water partition coefficient (Wildman–Crippen LogP) is 4.92. The Morgan fingerprint density at radius 1 is 1.10 bits per heavy atom. The number of aromatic nitrogens is 3. The first kappa shape index (κ1) is 19.6. The van der Waals surface area contributed by atoms with E-state index in [1.165, 1.54) is 49.9 Å². The van der Waals surface area contributed by atoms with Crippen LogP contribution in [0.25, 0.3) is 16.9 Å². The van der Waals surface area contributed by atoms with E-state index in [4.69, 9.17) is 14.8 Å². The third-order valence-corrected chi connectivity index (χ3v) is 6.65. The lowest BCUT2D eigenvalue weighted by atomic mass is 10.1. The molecular weight excluding hydrogens is 372 g/mol. The first-order valence-electron chi connectivity index (χ1n) is 11.6. The Bertz CT molecular complexity index is 969. The second kappa shape index (κ2) is 8.76. The number of ether oxygens (including phenoxy) is 1. The van der Waals surface area contributed by atoms with Crippen LogP contribution in [0.15, 0.2) is 36.5 Å². The van der Waals surface area contributed by atoms with Crippen molar-refractivity contribution in [2.24, 2.45) is 0 Å². The van der Waals surface area contributed by atoms with Gasteiger partial charge in [-0.2, -0.15) is 5.10 Å². The van der Waals surface area contributed by atoms with E-state index < -0.39 is 0 Å². The standard InChI is InChI=1S/C25H32N4O/c1-19-8-6-13-28(19)14-7-15-30-22-11-5-10-20(16-22)24-17-25-26-23-12-4-2-3-9-21(23)18-29(25)27-24/h5,10-11,16-19H,2-4,6-9,12-15H2,1H3. The summed E-state index contributed by atoms with van der Waals surface area (Å²) < 4.78 is 8.00. The molecule has 0 spiro atoms. The van der Waals surface area contributed by atoms with Crippen molar-refractivity contribution >= 4 is 5.65 Å². The predicted molar refractivity (Wildman–Crippen MR) is 120 cm³/mol. The molecule has 0 N–H and O–H groups in total. The van der Waals surface area contributed by atoms with Gasteiger partial charge in [0.1, 0.15) is 5.75 Å². The molecule has 3 aromatic rings. The Labute approximate surface area is 179 Å². The van der Waals surface area contributed by atoms with Crippen LogP contribution >= 0.6 is 0 Å². The van der Waals surface area contributed by atoms with E-state index in [1.54, 1.807) is 0 Å². The minimum absolute atomic E-state index is 0.729. The summed E-state index contributed by atoms with van der Waals surface area (Å²) >= 11 is 0. The number of hydrogen-bond donors (Lipinski definition) is 0. The van der Waals surface area contributed by atoms with Crippen LogP contribution in [-0.4, -0.2) is 45.2 Å². The molecule has 0 radical (unpaired) electrons. The van der Waals surface area contributed by atoms with E-state index >= 15 is 0 Å². The molecule has 0 amide bonds. The molecule has 5 heteroatoms. The van der Waals surface area contributed by atoms with Gasteiger partial charge in [0.25, 0.3) is 0 Å². The molecule has 1 atom stereocenters. The number of rotatable bonds is 6. The van der Waals surface area contributed by atoms with Gasteiger partial charge in [0.05, 0.1) is 12.3 Å². The third-order valence-electron chi connectivity index (χ3n) is 6.65. The van der Waals surface area contributed by atoms with Crippen LogP contribution in [-0.2, 0) is 12.8 Å². The zero-order chi connectivity index (χ0) is 20.3. The molecule has 1 aliphatic carbocycles. The van der Waals surface area contributed by atoms with E-state index in [0.29, 0.717) is 0 Å². The summed E-state index contributed by atoms with van der Waals surface area (Å²) in [7, 11) is 0. The summed E-state index contributed by atoms with van der Waals surface area (Å²) in [6, 6.07) is 11.1. The highest BCUT2D eigenvalue weighted by molar-refractivity contribution is 5.65. The number of benzene rings is 1. The summed E-state index contributed by atoms with van der Waals surface area (Å²) in [6.07, 6.45) is 11.9. The Morgan fingerprint density at radius 2 is 2.03 bits per heavy atom. The van der Waals surface area contributed by atoms with Gasteiger partial charge in [-0.25, -0.2) is 9.50 Å². The zero-order valence-electron chi connectivity index (χ0n) is 18.0. The molecule has 1 unspecified atom stereocenters. The van der Waals surface area contributed by atoms with Crippen molar-refractivity contribution in [1.29, 1.82) is 0 Å². The average Bonchev–Trinajstić information content (AvgIpc) is 3.29. The normalized spacial score (nSPS) is 19.7. The molecule has 1 aromatic carbocycles. The molecular formula is C25H32N4O. The molecule has 1 aliphatic heterocycles. The van der Waals surface area contributed by atoms with Gasteiger partial charge < -0.3 is 9.64 Å². The van der Waals surface area contributed by atoms with Gasteiger partial charge in [-0.3, -0.25) is 0 Å². The Morgan fingerprint density at radius 3 is 2.93 bits per heavy atom. The fraction of sp³-hybridized carbons (Fsp3) is 0.520. The molecule has 158 valence electrons. The second-order valence-electron chi connectivity index (χ2n) is 8.86. The average molecular weight is 405 g/mol. The van der Waals surface area contributed by atoms with Crippen molar-refractivity contribution in [3.63, 3.8) is 0 Å². The fourth-order valence-corrected chi connectivity index (χ4v) is 4.87. The maximum atomic E-state index is 6.06. The molecule has 0 bridgehead atoms. The van der Waals surface area contributed by atoms with Crippen LogP contribution in [0.2, 0.25) is 0 Å². The fourth-order valence-electron chi connectivity index (χ4n) is 4.87. The molecule has 1 saturated heterocycles. The van der Waals surface area contributed by atoms with E-state index in [2.05, 4.69) is 42.3 Å². The largest absolute Gasteiger partial charge is 0.494 e. The minimum atomic E-state index is 0.729. The van der Waals surface area contributed by atoms with Crippen molar-refractivity contribution < 1.29 is 4.74 Å². The van der Waals surface area contributed by atoms with Crippen molar-refractivity contribution in [2.45, 2.75) is 64.3 Å². The smallest absolute Gasteiger partial charge is 0.155 e. The van der Waals surface area contributed by atoms with Crippen LogP contribution in [0.5, 0.6) is 5.75 Å². The van der Waals surface area contributed by atoms with Crippen LogP contribution in [0.3, 0.4) is 0 Å². The van der Waals surface area contributed by atoms with Gasteiger partial charge in [-0.05, 0) is 76.1 Å². The van der Waals surface area contributed by atoms with Gasteiger partial charge in [0.15, 0.2) is 5.65 Å². The molecule has 2 aliphatic rings. The Balaban J connectivity index is 1.27. The molecule has 2 aromatic heterocycles. The van der Waals surface area contributed by atoms with Gasteiger partial charge in [-0.15, -0.1) is 0 Å². The number of hydrogen-bond acceptors (Lipinski definition) is 4. The van der Waals surface area contributed by atoms with Crippen molar-refractivity contribution in [2.75, 3.05) is 19.7 Å². The lowest BCUT2D eigenvalue weighted by Gasteiger charge is -2.20. The maximum absolute atomic E-state index is 6.06. The number of nitrogens with zero attached hydrogens (tertiary/aromatic N) is 4. The molecule has 5 rings (SSSR count). The minimum Gasteiger partial charge on any atom is -0.494 e. The van der Waals surface area contributed by atoms with Gasteiger partial charge in [0, 0.05) is 36.1 Å². The van der Waals surface area contributed by atoms with E-state index in [9.17, 15) is 0 Å². The highest BCUT2D eigenvalue weighted by Gasteiger charge is 2.19. The summed E-state index contributed by atoms with van der Waals surface area (Å²) in [5, 5.41) is 4.81. The number of fused-ring (bicyclic) bond motifs is 2. The topological polar surface area (TPSA) is 42.7 Å². The van der Waals surface area contributed by atoms with Crippen molar-refractivity contribution in [3.05, 3.63) is 47.8 Å². The first-order valence-corrected chi connectivity index (χ1v) is 11.6. The summed E-state index contributed by atoms with van der Waals surface area (Å²) in [5.41, 5.74) is 5.60. The van der Waals surface area contributed by atoms with Crippen molar-refractivity contribution in [3.8, 4) is 17.0 Å². The Hall–Kier alpha value is -2.40. The summed E-state index contributed by atoms with van der Waals surface area (Å²) in [5.74, 6) is 0.919. The molecule has 0 saturated carbocycles. The third kappa shape index (κ3) is 4.22. The first-order chi connectivity index (χ1) is 14.8. The van der Waals surface area contributed by atoms with Crippen molar-refractivity contribution in [1.82, 2.24) is 19.5 Å². The molecule has 30 heavy (non-hydrogen) atoms. The van der Waals surface area contributed by atoms with Gasteiger partial charge >= 0.3 is 0 Å². The molecule has 1 fully saturated rings. The molecule has 5 nitrogen and oxygen atoms in total. The number of aryl methyl sites for hydroxylation is 2. The summed E-state index contributed by atoms with van der Waals surface area (Å²) in [4.78, 5) is 7.49.